The Labute approximate surface area is 160 Å². The monoisotopic (exact) mass is 361 g/mol. The first-order valence-electron chi connectivity index (χ1n) is 9.62. The van der Waals surface area contributed by atoms with Gasteiger partial charge in [-0.3, -0.25) is 4.79 Å². The predicted octanol–water partition coefficient (Wildman–Crippen LogP) is 5.32. The first-order chi connectivity index (χ1) is 12.8. The van der Waals surface area contributed by atoms with Gasteiger partial charge in [-0.2, -0.15) is 0 Å². The molecular weight excluding hydrogens is 334 g/mol. The van der Waals surface area contributed by atoms with Crippen molar-refractivity contribution in [3.8, 4) is 5.75 Å². The van der Waals surface area contributed by atoms with Gasteiger partial charge in [0.2, 0.25) is 0 Å². The minimum atomic E-state index is -0.296. The number of methoxy groups -OCH3 is 1. The maximum absolute atomic E-state index is 13.1. The van der Waals surface area contributed by atoms with Crippen molar-refractivity contribution in [1.82, 2.24) is 4.98 Å². The first-order valence-corrected chi connectivity index (χ1v) is 9.62. The fourth-order valence-corrected chi connectivity index (χ4v) is 3.81. The van der Waals surface area contributed by atoms with E-state index in [0.29, 0.717) is 12.2 Å². The third kappa shape index (κ3) is 3.27. The smallest absolute Gasteiger partial charge is 0.147 e. The van der Waals surface area contributed by atoms with E-state index in [1.54, 1.807) is 7.11 Å². The largest absolute Gasteiger partial charge is 0.497 e. The number of aromatic nitrogens is 1. The highest BCUT2D eigenvalue weighted by molar-refractivity contribution is 5.95. The standard InChI is InChI=1S/C24H27NO2/c1-23(2,3)21-15-17-13-16(5-10-20(17)25-21)14-22(26)24(11-12-24)18-6-8-19(27-4)9-7-18/h5-10,13,15,25H,11-12,14H2,1-4H3. The van der Waals surface area contributed by atoms with Crippen molar-refractivity contribution in [3.63, 3.8) is 0 Å². The Bertz CT molecular complexity index is 985. The van der Waals surface area contributed by atoms with E-state index >= 15 is 0 Å². The molecule has 0 radical (unpaired) electrons. The molecule has 1 saturated carbocycles. The summed E-state index contributed by atoms with van der Waals surface area (Å²) in [6.07, 6.45) is 2.37. The maximum atomic E-state index is 13.1. The van der Waals surface area contributed by atoms with Gasteiger partial charge in [-0.15, -0.1) is 0 Å². The molecule has 3 heteroatoms. The van der Waals surface area contributed by atoms with Gasteiger partial charge in [0.15, 0.2) is 0 Å². The molecule has 0 saturated heterocycles. The molecule has 1 aliphatic carbocycles. The molecule has 1 fully saturated rings. The number of hydrogen-bond donors (Lipinski definition) is 1. The number of ether oxygens (including phenoxy) is 1. The van der Waals surface area contributed by atoms with E-state index in [0.717, 1.165) is 35.2 Å². The molecule has 0 aliphatic heterocycles. The van der Waals surface area contributed by atoms with Crippen LogP contribution in [0.1, 0.15) is 50.4 Å². The second-order valence-electron chi connectivity index (χ2n) is 8.77. The lowest BCUT2D eigenvalue weighted by molar-refractivity contribution is -0.120. The molecule has 4 rings (SSSR count). The van der Waals surface area contributed by atoms with Crippen LogP contribution in [0.3, 0.4) is 0 Å². The number of rotatable bonds is 5. The quantitative estimate of drug-likeness (QED) is 0.668. The molecule has 3 aromatic rings. The summed E-state index contributed by atoms with van der Waals surface area (Å²) in [6.45, 7) is 6.61. The third-order valence-corrected chi connectivity index (χ3v) is 5.78. The van der Waals surface area contributed by atoms with Crippen LogP contribution in [-0.4, -0.2) is 17.9 Å². The van der Waals surface area contributed by atoms with Gasteiger partial charge in [-0.05, 0) is 59.7 Å². The van der Waals surface area contributed by atoms with E-state index in [1.807, 2.05) is 24.3 Å². The highest BCUT2D eigenvalue weighted by Gasteiger charge is 2.50. The summed E-state index contributed by atoms with van der Waals surface area (Å²) in [5, 5.41) is 1.18. The van der Waals surface area contributed by atoms with Crippen LogP contribution >= 0.6 is 0 Å². The summed E-state index contributed by atoms with van der Waals surface area (Å²) in [7, 11) is 1.66. The zero-order chi connectivity index (χ0) is 19.2. The Balaban J connectivity index is 1.57. The Hall–Kier alpha value is -2.55. The molecule has 0 bridgehead atoms. The predicted molar refractivity (Wildman–Crippen MR) is 110 cm³/mol. The molecule has 1 heterocycles. The topological polar surface area (TPSA) is 42.1 Å². The van der Waals surface area contributed by atoms with Gasteiger partial charge in [0.05, 0.1) is 12.5 Å². The van der Waals surface area contributed by atoms with Crippen molar-refractivity contribution >= 4 is 16.7 Å². The fourth-order valence-electron chi connectivity index (χ4n) is 3.81. The molecule has 2 aromatic carbocycles. The van der Waals surface area contributed by atoms with Gasteiger partial charge in [0.25, 0.3) is 0 Å². The lowest BCUT2D eigenvalue weighted by atomic mass is 9.87. The second-order valence-corrected chi connectivity index (χ2v) is 8.77. The van der Waals surface area contributed by atoms with E-state index in [4.69, 9.17) is 4.74 Å². The highest BCUT2D eigenvalue weighted by Crippen LogP contribution is 2.49. The number of carbonyl (C=O) groups is 1. The number of H-pyrrole nitrogens is 1. The number of ketones is 1. The van der Waals surface area contributed by atoms with Crippen molar-refractivity contribution in [2.75, 3.05) is 7.11 Å². The Kier molecular flexibility index (Phi) is 4.14. The zero-order valence-electron chi connectivity index (χ0n) is 16.6. The van der Waals surface area contributed by atoms with Gasteiger partial charge >= 0.3 is 0 Å². The van der Waals surface area contributed by atoms with Crippen LogP contribution < -0.4 is 4.74 Å². The van der Waals surface area contributed by atoms with Crippen molar-refractivity contribution in [2.45, 2.75) is 50.9 Å². The lowest BCUT2D eigenvalue weighted by Crippen LogP contribution is -2.22. The van der Waals surface area contributed by atoms with E-state index in [9.17, 15) is 4.79 Å². The summed E-state index contributed by atoms with van der Waals surface area (Å²) < 4.78 is 5.24. The van der Waals surface area contributed by atoms with E-state index < -0.39 is 0 Å². The van der Waals surface area contributed by atoms with Crippen LogP contribution in [0, 0.1) is 0 Å². The summed E-state index contributed by atoms with van der Waals surface area (Å²) in [6, 6.07) is 16.5. The number of Topliss-reactive ketones (excluding diaryl/α,β-unsaturated/α-hetero) is 1. The summed E-state index contributed by atoms with van der Waals surface area (Å²) >= 11 is 0. The molecule has 3 nitrogen and oxygen atoms in total. The van der Waals surface area contributed by atoms with Crippen molar-refractivity contribution in [3.05, 3.63) is 65.4 Å². The molecule has 1 aromatic heterocycles. The number of aromatic amines is 1. The SMILES string of the molecule is COc1ccc(C2(C(=O)Cc3ccc4[nH]c(C(C)(C)C)cc4c3)CC2)cc1. The summed E-state index contributed by atoms with van der Waals surface area (Å²) in [5.74, 6) is 1.15. The van der Waals surface area contributed by atoms with Gasteiger partial charge in [0, 0.05) is 23.0 Å². The van der Waals surface area contributed by atoms with Crippen LogP contribution in [0.5, 0.6) is 5.75 Å². The molecule has 140 valence electrons. The third-order valence-electron chi connectivity index (χ3n) is 5.78. The highest BCUT2D eigenvalue weighted by atomic mass is 16.5. The first kappa shape index (κ1) is 17.8. The average Bonchev–Trinajstić information content (AvgIpc) is 3.34. The van der Waals surface area contributed by atoms with Crippen molar-refractivity contribution in [1.29, 1.82) is 0 Å². The molecule has 27 heavy (non-hydrogen) atoms. The average molecular weight is 361 g/mol. The van der Waals surface area contributed by atoms with Crippen LogP contribution in [0.2, 0.25) is 0 Å². The molecule has 0 spiro atoms. The number of benzene rings is 2. The summed E-state index contributed by atoms with van der Waals surface area (Å²) in [5.41, 5.74) is 4.35. The molecule has 0 atom stereocenters. The summed E-state index contributed by atoms with van der Waals surface area (Å²) in [4.78, 5) is 16.6. The minimum absolute atomic E-state index is 0.0848. The van der Waals surface area contributed by atoms with Gasteiger partial charge in [-0.25, -0.2) is 0 Å². The van der Waals surface area contributed by atoms with E-state index in [2.05, 4.69) is 50.0 Å². The van der Waals surface area contributed by atoms with Crippen molar-refractivity contribution in [2.24, 2.45) is 0 Å². The zero-order valence-corrected chi connectivity index (χ0v) is 16.6. The Morgan fingerprint density at radius 2 is 1.78 bits per heavy atom. The molecule has 1 N–H and O–H groups in total. The van der Waals surface area contributed by atoms with Gasteiger partial charge in [-0.1, -0.05) is 39.0 Å². The molecule has 1 aliphatic rings. The van der Waals surface area contributed by atoms with Crippen LogP contribution in [0.4, 0.5) is 0 Å². The van der Waals surface area contributed by atoms with Gasteiger partial charge < -0.3 is 9.72 Å². The maximum Gasteiger partial charge on any atom is 0.147 e. The number of carbonyl (C=O) groups excluding carboxylic acids is 1. The Morgan fingerprint density at radius 3 is 2.37 bits per heavy atom. The van der Waals surface area contributed by atoms with Crippen LogP contribution in [0.15, 0.2) is 48.5 Å². The van der Waals surface area contributed by atoms with E-state index in [1.165, 1.54) is 11.1 Å². The number of nitrogens with one attached hydrogen (secondary N) is 1. The van der Waals surface area contributed by atoms with E-state index in [-0.39, 0.29) is 10.8 Å². The fraction of sp³-hybridized carbons (Fsp3) is 0.375. The lowest BCUT2D eigenvalue weighted by Gasteiger charge is -2.15. The minimum Gasteiger partial charge on any atom is -0.497 e. The molecule has 0 unspecified atom stereocenters. The normalized spacial score (nSPS) is 15.7. The number of hydrogen-bond acceptors (Lipinski definition) is 2. The van der Waals surface area contributed by atoms with Crippen LogP contribution in [0.25, 0.3) is 10.9 Å². The second kappa shape index (κ2) is 6.26. The van der Waals surface area contributed by atoms with Crippen LogP contribution in [-0.2, 0) is 22.0 Å². The number of fused-ring (bicyclic) bond motifs is 1. The molecule has 0 amide bonds. The van der Waals surface area contributed by atoms with Crippen molar-refractivity contribution < 1.29 is 9.53 Å². The van der Waals surface area contributed by atoms with Gasteiger partial charge in [0.1, 0.15) is 11.5 Å². The molecular formula is C24H27NO2. The Morgan fingerprint density at radius 1 is 1.07 bits per heavy atom.